The number of urea groups is 1. The molecule has 5 nitrogen and oxygen atoms in total. The molecule has 0 aliphatic carbocycles. The summed E-state index contributed by atoms with van der Waals surface area (Å²) in [6.45, 7) is -2.89. The molecule has 0 unspecified atom stereocenters. The number of carbonyl (C=O) groups is 1. The van der Waals surface area contributed by atoms with E-state index < -0.39 is 12.6 Å². The third-order valence-corrected chi connectivity index (χ3v) is 2.65. The normalized spacial score (nSPS) is 10.3. The van der Waals surface area contributed by atoms with E-state index in [-0.39, 0.29) is 10.9 Å². The molecule has 2 aromatic rings. The van der Waals surface area contributed by atoms with Crippen molar-refractivity contribution in [2.75, 3.05) is 10.6 Å². The van der Waals surface area contributed by atoms with E-state index in [1.54, 1.807) is 12.1 Å². The van der Waals surface area contributed by atoms with Crippen LogP contribution in [0.3, 0.4) is 0 Å². The smallest absolute Gasteiger partial charge is 0.387 e. The van der Waals surface area contributed by atoms with Gasteiger partial charge in [-0.3, -0.25) is 0 Å². The lowest BCUT2D eigenvalue weighted by Crippen LogP contribution is -2.19. The van der Waals surface area contributed by atoms with Crippen LogP contribution in [-0.4, -0.2) is 17.6 Å². The van der Waals surface area contributed by atoms with Crippen LogP contribution < -0.4 is 15.4 Å². The highest BCUT2D eigenvalue weighted by Crippen LogP contribution is 2.19. The van der Waals surface area contributed by atoms with E-state index in [2.05, 4.69) is 20.4 Å². The lowest BCUT2D eigenvalue weighted by molar-refractivity contribution is -0.0498. The second kappa shape index (κ2) is 6.85. The van der Waals surface area contributed by atoms with E-state index in [1.807, 2.05) is 0 Å². The van der Waals surface area contributed by atoms with E-state index in [9.17, 15) is 13.6 Å². The monoisotopic (exact) mass is 313 g/mol. The summed E-state index contributed by atoms with van der Waals surface area (Å²) in [6, 6.07) is 8.18. The summed E-state index contributed by atoms with van der Waals surface area (Å²) in [6.07, 6.45) is 1.49. The van der Waals surface area contributed by atoms with E-state index >= 15 is 0 Å². The van der Waals surface area contributed by atoms with Gasteiger partial charge in [-0.15, -0.1) is 0 Å². The molecular formula is C13H10ClF2N3O2. The molecular weight excluding hydrogens is 304 g/mol. The molecule has 0 radical (unpaired) electrons. The molecule has 2 amide bonds. The van der Waals surface area contributed by atoms with Crippen molar-refractivity contribution in [2.24, 2.45) is 0 Å². The summed E-state index contributed by atoms with van der Waals surface area (Å²) in [7, 11) is 0. The third kappa shape index (κ3) is 4.57. The van der Waals surface area contributed by atoms with Gasteiger partial charge in [-0.25, -0.2) is 9.78 Å². The number of hydrogen-bond acceptors (Lipinski definition) is 3. The van der Waals surface area contributed by atoms with Gasteiger partial charge in [0.1, 0.15) is 5.75 Å². The summed E-state index contributed by atoms with van der Waals surface area (Å²) in [5.74, 6) is 0.00580. The number of halogens is 3. The zero-order valence-electron chi connectivity index (χ0n) is 10.5. The lowest BCUT2D eigenvalue weighted by atomic mass is 10.3. The van der Waals surface area contributed by atoms with Crippen LogP contribution in [-0.2, 0) is 0 Å². The largest absolute Gasteiger partial charge is 0.435 e. The quantitative estimate of drug-likeness (QED) is 0.839. The van der Waals surface area contributed by atoms with Gasteiger partial charge in [0.25, 0.3) is 0 Å². The molecule has 8 heteroatoms. The van der Waals surface area contributed by atoms with Gasteiger partial charge in [-0.1, -0.05) is 11.6 Å². The molecule has 0 saturated heterocycles. The summed E-state index contributed by atoms with van der Waals surface area (Å²) < 4.78 is 28.2. The van der Waals surface area contributed by atoms with Crippen LogP contribution in [0.2, 0.25) is 5.15 Å². The van der Waals surface area contributed by atoms with Crippen molar-refractivity contribution in [1.82, 2.24) is 4.98 Å². The van der Waals surface area contributed by atoms with Crippen molar-refractivity contribution < 1.29 is 18.3 Å². The van der Waals surface area contributed by atoms with Crippen LogP contribution in [0.15, 0.2) is 42.6 Å². The topological polar surface area (TPSA) is 63.2 Å². The molecule has 2 rings (SSSR count). The average Bonchev–Trinajstić information content (AvgIpc) is 2.43. The van der Waals surface area contributed by atoms with Crippen molar-refractivity contribution in [3.05, 3.63) is 47.7 Å². The standard InChI is InChI=1S/C13H10ClF2N3O2/c14-11-10(2-1-7-17-11)19-13(20)18-8-3-5-9(6-4-8)21-12(15)16/h1-7,12H,(H2,18,19,20). The minimum atomic E-state index is -2.89. The first kappa shape index (κ1) is 15.0. The zero-order valence-corrected chi connectivity index (χ0v) is 11.3. The number of ether oxygens (including phenoxy) is 1. The number of carbonyl (C=O) groups excluding carboxylic acids is 1. The number of benzene rings is 1. The fraction of sp³-hybridized carbons (Fsp3) is 0.0769. The fourth-order valence-corrected chi connectivity index (χ4v) is 1.65. The molecule has 110 valence electrons. The SMILES string of the molecule is O=C(Nc1ccc(OC(F)F)cc1)Nc1cccnc1Cl. The third-order valence-electron chi connectivity index (χ3n) is 2.34. The second-order valence-corrected chi connectivity index (χ2v) is 4.18. The summed E-state index contributed by atoms with van der Waals surface area (Å²) >= 11 is 5.80. The minimum absolute atomic E-state index is 0.00580. The number of rotatable bonds is 4. The minimum Gasteiger partial charge on any atom is -0.435 e. The molecule has 0 atom stereocenters. The molecule has 0 saturated carbocycles. The van der Waals surface area contributed by atoms with E-state index in [0.717, 1.165) is 0 Å². The highest BCUT2D eigenvalue weighted by Gasteiger charge is 2.07. The maximum absolute atomic E-state index is 12.0. The van der Waals surface area contributed by atoms with Crippen LogP contribution in [0, 0.1) is 0 Å². The van der Waals surface area contributed by atoms with Gasteiger partial charge < -0.3 is 15.4 Å². The molecule has 0 fully saturated rings. The molecule has 0 bridgehead atoms. The summed E-state index contributed by atoms with van der Waals surface area (Å²) in [4.78, 5) is 15.6. The maximum atomic E-state index is 12.0. The maximum Gasteiger partial charge on any atom is 0.387 e. The van der Waals surface area contributed by atoms with Crippen LogP contribution in [0.1, 0.15) is 0 Å². The molecule has 1 aromatic heterocycles. The summed E-state index contributed by atoms with van der Waals surface area (Å²) in [5.41, 5.74) is 0.767. The van der Waals surface area contributed by atoms with Crippen LogP contribution >= 0.6 is 11.6 Å². The van der Waals surface area contributed by atoms with Crippen molar-refractivity contribution >= 4 is 29.0 Å². The van der Waals surface area contributed by atoms with Crippen molar-refractivity contribution in [3.8, 4) is 5.75 Å². The lowest BCUT2D eigenvalue weighted by Gasteiger charge is -2.09. The Morgan fingerprint density at radius 1 is 1.19 bits per heavy atom. The van der Waals surface area contributed by atoms with Gasteiger partial charge >= 0.3 is 12.6 Å². The molecule has 2 N–H and O–H groups in total. The Kier molecular flexibility index (Phi) is 4.89. The second-order valence-electron chi connectivity index (χ2n) is 3.82. The first-order valence-electron chi connectivity index (χ1n) is 5.78. The van der Waals surface area contributed by atoms with Crippen molar-refractivity contribution in [2.45, 2.75) is 6.61 Å². The Hall–Kier alpha value is -2.41. The highest BCUT2D eigenvalue weighted by molar-refractivity contribution is 6.32. The predicted molar refractivity (Wildman–Crippen MR) is 75.0 cm³/mol. The number of aromatic nitrogens is 1. The molecule has 0 spiro atoms. The van der Waals surface area contributed by atoms with Crippen molar-refractivity contribution in [3.63, 3.8) is 0 Å². The number of alkyl halides is 2. The molecule has 0 aliphatic rings. The Morgan fingerprint density at radius 3 is 2.52 bits per heavy atom. The Morgan fingerprint density at radius 2 is 1.90 bits per heavy atom. The van der Waals surface area contributed by atoms with Crippen LogP contribution in [0.5, 0.6) is 5.75 Å². The van der Waals surface area contributed by atoms with Crippen LogP contribution in [0.4, 0.5) is 25.0 Å². The number of pyridine rings is 1. The number of amides is 2. The molecule has 1 heterocycles. The Labute approximate surface area is 123 Å². The number of hydrogen-bond donors (Lipinski definition) is 2. The molecule has 21 heavy (non-hydrogen) atoms. The van der Waals surface area contributed by atoms with Crippen molar-refractivity contribution in [1.29, 1.82) is 0 Å². The van der Waals surface area contributed by atoms with Gasteiger partial charge in [-0.2, -0.15) is 8.78 Å². The van der Waals surface area contributed by atoms with Gasteiger partial charge in [0, 0.05) is 11.9 Å². The van der Waals surface area contributed by atoms with Gasteiger partial charge in [0.15, 0.2) is 5.15 Å². The first-order chi connectivity index (χ1) is 10.0. The van der Waals surface area contributed by atoms with Gasteiger partial charge in [0.05, 0.1) is 5.69 Å². The average molecular weight is 314 g/mol. The number of anilines is 2. The molecule has 0 aliphatic heterocycles. The highest BCUT2D eigenvalue weighted by atomic mass is 35.5. The van der Waals surface area contributed by atoms with E-state index in [1.165, 1.54) is 30.5 Å². The Bertz CT molecular complexity index is 623. The molecule has 1 aromatic carbocycles. The Balaban J connectivity index is 1.95. The predicted octanol–water partition coefficient (Wildman–Crippen LogP) is 3.98. The van der Waals surface area contributed by atoms with Gasteiger partial charge in [-0.05, 0) is 36.4 Å². The van der Waals surface area contributed by atoms with E-state index in [4.69, 9.17) is 11.6 Å². The number of nitrogens with zero attached hydrogens (tertiary/aromatic N) is 1. The van der Waals surface area contributed by atoms with Gasteiger partial charge in [0.2, 0.25) is 0 Å². The fourth-order valence-electron chi connectivity index (χ4n) is 1.48. The van der Waals surface area contributed by atoms with E-state index in [0.29, 0.717) is 11.4 Å². The summed E-state index contributed by atoms with van der Waals surface area (Å²) in [5, 5.41) is 5.19. The first-order valence-corrected chi connectivity index (χ1v) is 6.16. The van der Waals surface area contributed by atoms with Crippen LogP contribution in [0.25, 0.3) is 0 Å². The zero-order chi connectivity index (χ0) is 15.2. The number of nitrogens with one attached hydrogen (secondary N) is 2.